The maximum Gasteiger partial charge on any atom is 0.412 e. The summed E-state index contributed by atoms with van der Waals surface area (Å²) in [6, 6.07) is 4.32. The first-order valence-corrected chi connectivity index (χ1v) is 7.86. The minimum atomic E-state index is -4.69. The third-order valence-electron chi connectivity index (χ3n) is 4.50. The van der Waals surface area contributed by atoms with Crippen LogP contribution in [0.5, 0.6) is 0 Å². The van der Waals surface area contributed by atoms with Crippen molar-refractivity contribution in [1.82, 2.24) is 10.4 Å². The van der Waals surface area contributed by atoms with Crippen LogP contribution in [0.4, 0.5) is 18.9 Å². The lowest BCUT2D eigenvalue weighted by Gasteiger charge is -2.43. The van der Waals surface area contributed by atoms with E-state index in [2.05, 4.69) is 5.43 Å². The Balaban J connectivity index is 2.60. The zero-order chi connectivity index (χ0) is 19.0. The second-order valence-electron chi connectivity index (χ2n) is 6.82. The number of nitro groups is 1. The summed E-state index contributed by atoms with van der Waals surface area (Å²) >= 11 is 0. The first-order valence-electron chi connectivity index (χ1n) is 7.86. The van der Waals surface area contributed by atoms with Crippen molar-refractivity contribution < 1.29 is 22.9 Å². The number of nitrogens with one attached hydrogen (secondary N) is 1. The number of rotatable bonds is 5. The Morgan fingerprint density at radius 1 is 1.28 bits per heavy atom. The van der Waals surface area contributed by atoms with Crippen LogP contribution < -0.4 is 5.43 Å². The molecule has 0 unspecified atom stereocenters. The predicted molar refractivity (Wildman–Crippen MR) is 84.4 cm³/mol. The Labute approximate surface area is 143 Å². The summed E-state index contributed by atoms with van der Waals surface area (Å²) in [4.78, 5) is 22.2. The minimum Gasteiger partial charge on any atom is -0.287 e. The molecule has 1 aromatic rings. The maximum atomic E-state index is 14.2. The van der Waals surface area contributed by atoms with Gasteiger partial charge in [0.05, 0.1) is 10.3 Å². The van der Waals surface area contributed by atoms with E-state index >= 15 is 0 Å². The molecule has 1 N–H and O–H groups in total. The average molecular weight is 359 g/mol. The summed E-state index contributed by atoms with van der Waals surface area (Å²) in [5.41, 5.74) is -1.48. The Morgan fingerprint density at radius 3 is 2.20 bits per heavy atom. The summed E-state index contributed by atoms with van der Waals surface area (Å²) in [5.74, 6) is -0.487. The van der Waals surface area contributed by atoms with Crippen molar-refractivity contribution in [3.05, 3.63) is 39.9 Å². The molecule has 1 aliphatic rings. The van der Waals surface area contributed by atoms with Gasteiger partial charge in [-0.2, -0.15) is 13.2 Å². The lowest BCUT2D eigenvalue weighted by Crippen LogP contribution is -2.59. The molecule has 9 heteroatoms. The Hall–Kier alpha value is -2.16. The first-order chi connectivity index (χ1) is 11.5. The number of hydrazine groups is 1. The largest absolute Gasteiger partial charge is 0.412 e. The number of benzene rings is 1. The fourth-order valence-electron chi connectivity index (χ4n) is 3.13. The van der Waals surface area contributed by atoms with Crippen molar-refractivity contribution in [2.45, 2.75) is 45.3 Å². The molecule has 1 heterocycles. The highest BCUT2D eigenvalue weighted by Gasteiger charge is 2.62. The van der Waals surface area contributed by atoms with Crippen molar-refractivity contribution in [2.75, 3.05) is 6.54 Å². The highest BCUT2D eigenvalue weighted by atomic mass is 19.4. The number of nitrogens with zero attached hydrogens (tertiary/aromatic N) is 2. The molecule has 0 saturated carbocycles. The van der Waals surface area contributed by atoms with Gasteiger partial charge in [0, 0.05) is 18.7 Å². The molecule has 1 saturated heterocycles. The number of hydrogen-bond donors (Lipinski definition) is 1. The maximum absolute atomic E-state index is 14.2. The van der Waals surface area contributed by atoms with Gasteiger partial charge in [-0.3, -0.25) is 20.3 Å². The third kappa shape index (κ3) is 3.20. The molecule has 0 radical (unpaired) electrons. The summed E-state index contributed by atoms with van der Waals surface area (Å²) in [6.45, 7) is 4.65. The van der Waals surface area contributed by atoms with E-state index in [1.54, 1.807) is 20.8 Å². The lowest BCUT2D eigenvalue weighted by atomic mass is 9.82. The molecule has 0 aliphatic carbocycles. The second kappa shape index (κ2) is 6.29. The van der Waals surface area contributed by atoms with Gasteiger partial charge in [-0.1, -0.05) is 13.3 Å². The number of alkyl halides is 3. The number of carbonyl (C=O) groups excluding carboxylic acids is 1. The first kappa shape index (κ1) is 19.2. The van der Waals surface area contributed by atoms with Gasteiger partial charge in [-0.25, -0.2) is 5.01 Å². The highest BCUT2D eigenvalue weighted by Crippen LogP contribution is 2.49. The van der Waals surface area contributed by atoms with Gasteiger partial charge >= 0.3 is 6.18 Å². The van der Waals surface area contributed by atoms with E-state index in [0.717, 1.165) is 29.3 Å². The molecule has 2 rings (SSSR count). The van der Waals surface area contributed by atoms with Crippen LogP contribution in [0, 0.1) is 15.5 Å². The Morgan fingerprint density at radius 2 is 1.84 bits per heavy atom. The lowest BCUT2D eigenvalue weighted by molar-refractivity contribution is -0.384. The predicted octanol–water partition coefficient (Wildman–Crippen LogP) is 3.53. The van der Waals surface area contributed by atoms with E-state index in [1.807, 2.05) is 0 Å². The Bertz CT molecular complexity index is 673. The smallest absolute Gasteiger partial charge is 0.287 e. The van der Waals surface area contributed by atoms with Crippen LogP contribution in [0.3, 0.4) is 0 Å². The monoisotopic (exact) mass is 359 g/mol. The molecule has 0 bridgehead atoms. The van der Waals surface area contributed by atoms with Crippen LogP contribution >= 0.6 is 0 Å². The van der Waals surface area contributed by atoms with Crippen molar-refractivity contribution >= 4 is 11.6 Å². The molecule has 1 atom stereocenters. The van der Waals surface area contributed by atoms with Gasteiger partial charge in [-0.05, 0) is 38.0 Å². The van der Waals surface area contributed by atoms with Gasteiger partial charge < -0.3 is 0 Å². The number of halogens is 3. The van der Waals surface area contributed by atoms with Gasteiger partial charge in [0.15, 0.2) is 5.54 Å². The molecule has 1 aliphatic heterocycles. The Kier molecular flexibility index (Phi) is 4.82. The highest BCUT2D eigenvalue weighted by molar-refractivity contribution is 5.83. The van der Waals surface area contributed by atoms with E-state index in [0.29, 0.717) is 0 Å². The normalized spacial score (nSPS) is 20.2. The topological polar surface area (TPSA) is 75.5 Å². The van der Waals surface area contributed by atoms with Crippen LogP contribution in [-0.2, 0) is 10.3 Å². The molecule has 1 aromatic carbocycles. The van der Waals surface area contributed by atoms with Gasteiger partial charge in [0.2, 0.25) is 5.91 Å². The molecule has 0 aromatic heterocycles. The standard InChI is InChI=1S/C16H20F3N3O3/c1-4-9-15(16(17,18)19,21-10-14(2,3)13(23)20-21)11-5-7-12(8-6-11)22(24)25/h5-8H,4,9-10H2,1-3H3,(H,20,23)/t15-/m0/s1. The molecule has 25 heavy (non-hydrogen) atoms. The number of nitro benzene ring substituents is 1. The number of non-ortho nitro benzene ring substituents is 1. The van der Waals surface area contributed by atoms with Crippen molar-refractivity contribution in [1.29, 1.82) is 0 Å². The van der Waals surface area contributed by atoms with Crippen LogP contribution in [-0.4, -0.2) is 28.6 Å². The van der Waals surface area contributed by atoms with Crippen LogP contribution in [0.25, 0.3) is 0 Å². The van der Waals surface area contributed by atoms with E-state index in [1.165, 1.54) is 0 Å². The van der Waals surface area contributed by atoms with Crippen LogP contribution in [0.1, 0.15) is 39.2 Å². The van der Waals surface area contributed by atoms with Crippen LogP contribution in [0.2, 0.25) is 0 Å². The molecular weight excluding hydrogens is 339 g/mol. The zero-order valence-corrected chi connectivity index (χ0v) is 14.2. The van der Waals surface area contributed by atoms with Gasteiger partial charge in [0.1, 0.15) is 0 Å². The quantitative estimate of drug-likeness (QED) is 0.645. The van der Waals surface area contributed by atoms with E-state index < -0.39 is 28.0 Å². The van der Waals surface area contributed by atoms with Gasteiger partial charge in [-0.15, -0.1) is 0 Å². The zero-order valence-electron chi connectivity index (χ0n) is 14.2. The second-order valence-corrected chi connectivity index (χ2v) is 6.82. The van der Waals surface area contributed by atoms with E-state index in [9.17, 15) is 28.1 Å². The van der Waals surface area contributed by atoms with Gasteiger partial charge in [0.25, 0.3) is 5.69 Å². The molecule has 1 amide bonds. The number of carbonyl (C=O) groups is 1. The number of hydrogen-bond acceptors (Lipinski definition) is 4. The van der Waals surface area contributed by atoms with E-state index in [-0.39, 0.29) is 30.6 Å². The molecular formula is C16H20F3N3O3. The molecule has 0 spiro atoms. The molecule has 138 valence electrons. The summed E-state index contributed by atoms with van der Waals surface area (Å²) in [7, 11) is 0. The van der Waals surface area contributed by atoms with Crippen molar-refractivity contribution in [3.8, 4) is 0 Å². The fraction of sp³-hybridized carbons (Fsp3) is 0.562. The van der Waals surface area contributed by atoms with Crippen LogP contribution in [0.15, 0.2) is 24.3 Å². The average Bonchev–Trinajstić information content (AvgIpc) is 2.77. The van der Waals surface area contributed by atoms with Crippen molar-refractivity contribution in [2.24, 2.45) is 5.41 Å². The minimum absolute atomic E-state index is 0.123. The SMILES string of the molecule is CCC[C@@](c1ccc([N+](=O)[O-])cc1)(N1CC(C)(C)C(=O)N1)C(F)(F)F. The summed E-state index contributed by atoms with van der Waals surface area (Å²) < 4.78 is 42.6. The van der Waals surface area contributed by atoms with E-state index in [4.69, 9.17) is 0 Å². The molecule has 1 fully saturated rings. The molecule has 6 nitrogen and oxygen atoms in total. The fourth-order valence-corrected chi connectivity index (χ4v) is 3.13. The summed E-state index contributed by atoms with van der Waals surface area (Å²) in [5, 5.41) is 11.7. The summed E-state index contributed by atoms with van der Waals surface area (Å²) in [6.07, 6.45) is -4.76. The number of amides is 1. The van der Waals surface area contributed by atoms with Crippen molar-refractivity contribution in [3.63, 3.8) is 0 Å². The third-order valence-corrected chi connectivity index (χ3v) is 4.50.